The summed E-state index contributed by atoms with van der Waals surface area (Å²) in [6.45, 7) is 8.41. The van der Waals surface area contributed by atoms with Crippen molar-refractivity contribution < 1.29 is 9.53 Å². The summed E-state index contributed by atoms with van der Waals surface area (Å²) in [7, 11) is 0. The van der Waals surface area contributed by atoms with E-state index in [2.05, 4.69) is 26.0 Å². The molecule has 0 saturated carbocycles. The Balaban J connectivity index is 3.20. The van der Waals surface area contributed by atoms with E-state index in [0.29, 0.717) is 13.0 Å². The van der Waals surface area contributed by atoms with Crippen molar-refractivity contribution in [2.75, 3.05) is 6.61 Å². The zero-order chi connectivity index (χ0) is 15.1. The van der Waals surface area contributed by atoms with Crippen molar-refractivity contribution in [3.63, 3.8) is 0 Å². The normalized spacial score (nSPS) is 11.4. The predicted octanol–water partition coefficient (Wildman–Crippen LogP) is 5.48. The van der Waals surface area contributed by atoms with Gasteiger partial charge in [-0.15, -0.1) is 0 Å². The van der Waals surface area contributed by atoms with E-state index in [4.69, 9.17) is 4.74 Å². The van der Waals surface area contributed by atoms with E-state index < -0.39 is 0 Å². The fraction of sp³-hybridized carbons (Fsp3) is 0.778. The Kier molecular flexibility index (Phi) is 14.0. The van der Waals surface area contributed by atoms with Gasteiger partial charge in [-0.2, -0.15) is 0 Å². The molecule has 0 saturated heterocycles. The van der Waals surface area contributed by atoms with Gasteiger partial charge < -0.3 is 4.74 Å². The molecule has 1 unspecified atom stereocenters. The highest BCUT2D eigenvalue weighted by Gasteiger charge is 2.03. The van der Waals surface area contributed by atoms with Crippen molar-refractivity contribution in [2.45, 2.75) is 78.1 Å². The van der Waals surface area contributed by atoms with Gasteiger partial charge in [0.05, 0.1) is 6.61 Å². The van der Waals surface area contributed by atoms with E-state index in [9.17, 15) is 4.79 Å². The molecule has 0 aliphatic rings. The maximum Gasteiger partial charge on any atom is 0.305 e. The quantitative estimate of drug-likeness (QED) is 0.254. The van der Waals surface area contributed by atoms with Gasteiger partial charge in [0, 0.05) is 6.42 Å². The molecule has 1 atom stereocenters. The van der Waals surface area contributed by atoms with Crippen LogP contribution in [-0.2, 0) is 9.53 Å². The molecule has 0 rings (SSSR count). The van der Waals surface area contributed by atoms with Gasteiger partial charge in [0.15, 0.2) is 0 Å². The van der Waals surface area contributed by atoms with E-state index in [-0.39, 0.29) is 11.9 Å². The maximum absolute atomic E-state index is 11.3. The predicted molar refractivity (Wildman–Crippen MR) is 86.5 cm³/mol. The molecule has 0 aliphatic heterocycles. The van der Waals surface area contributed by atoms with Crippen LogP contribution in [0.4, 0.5) is 0 Å². The van der Waals surface area contributed by atoms with Crippen LogP contribution >= 0.6 is 0 Å². The zero-order valence-corrected chi connectivity index (χ0v) is 13.5. The molecular weight excluding hydrogens is 248 g/mol. The van der Waals surface area contributed by atoms with E-state index in [1.807, 2.05) is 6.92 Å². The Morgan fingerprint density at radius 2 is 1.65 bits per heavy atom. The molecule has 0 aliphatic carbocycles. The smallest absolute Gasteiger partial charge is 0.305 e. The SMILES string of the molecule is [CH2]C(C)COC(=O)CCCCCCC/C=C\CCCC. The lowest BCUT2D eigenvalue weighted by atomic mass is 10.1. The minimum absolute atomic E-state index is 0.0700. The van der Waals surface area contributed by atoms with Gasteiger partial charge in [-0.25, -0.2) is 0 Å². The molecule has 0 bridgehead atoms. The lowest BCUT2D eigenvalue weighted by Gasteiger charge is -2.06. The first-order valence-electron chi connectivity index (χ1n) is 8.30. The molecule has 0 spiro atoms. The second kappa shape index (κ2) is 14.6. The molecule has 0 fully saturated rings. The number of esters is 1. The second-order valence-electron chi connectivity index (χ2n) is 5.71. The molecule has 0 N–H and O–H groups in total. The van der Waals surface area contributed by atoms with Crippen LogP contribution in [-0.4, -0.2) is 12.6 Å². The van der Waals surface area contributed by atoms with Crippen molar-refractivity contribution in [2.24, 2.45) is 5.92 Å². The number of unbranched alkanes of at least 4 members (excludes halogenated alkanes) is 7. The topological polar surface area (TPSA) is 26.3 Å². The van der Waals surface area contributed by atoms with Gasteiger partial charge in [-0.3, -0.25) is 4.79 Å². The molecule has 2 heteroatoms. The third-order valence-corrected chi connectivity index (χ3v) is 3.17. The van der Waals surface area contributed by atoms with Crippen molar-refractivity contribution in [1.29, 1.82) is 0 Å². The summed E-state index contributed by atoms with van der Waals surface area (Å²) in [6.07, 6.45) is 16.0. The highest BCUT2D eigenvalue weighted by Crippen LogP contribution is 2.09. The summed E-state index contributed by atoms with van der Waals surface area (Å²) in [5, 5.41) is 0. The van der Waals surface area contributed by atoms with E-state index in [1.54, 1.807) is 0 Å². The third-order valence-electron chi connectivity index (χ3n) is 3.17. The Labute approximate surface area is 126 Å². The standard InChI is InChI=1S/C18H33O2/c1-4-5-6-7-8-9-10-11-12-13-14-15-18(19)20-16-17(2)3/h7-8,17H,2,4-6,9-16H2,1,3H3/b8-7-. The Bertz CT molecular complexity index is 244. The highest BCUT2D eigenvalue weighted by molar-refractivity contribution is 5.69. The molecule has 117 valence electrons. The zero-order valence-electron chi connectivity index (χ0n) is 13.5. The molecule has 0 aromatic carbocycles. The highest BCUT2D eigenvalue weighted by atomic mass is 16.5. The van der Waals surface area contributed by atoms with Gasteiger partial charge in [0.25, 0.3) is 0 Å². The Morgan fingerprint density at radius 1 is 1.05 bits per heavy atom. The number of hydrogen-bond acceptors (Lipinski definition) is 2. The largest absolute Gasteiger partial charge is 0.465 e. The monoisotopic (exact) mass is 281 g/mol. The molecule has 0 heterocycles. The number of carbonyl (C=O) groups excluding carboxylic acids is 1. The first kappa shape index (κ1) is 19.2. The van der Waals surface area contributed by atoms with Crippen LogP contribution in [0, 0.1) is 12.8 Å². The number of rotatable bonds is 13. The molecule has 20 heavy (non-hydrogen) atoms. The van der Waals surface area contributed by atoms with Gasteiger partial charge >= 0.3 is 5.97 Å². The third kappa shape index (κ3) is 15.3. The van der Waals surface area contributed by atoms with Crippen molar-refractivity contribution in [3.8, 4) is 0 Å². The first-order chi connectivity index (χ1) is 9.66. The number of allylic oxidation sites excluding steroid dienone is 2. The summed E-state index contributed by atoms with van der Waals surface area (Å²) in [5.74, 6) is 0.115. The van der Waals surface area contributed by atoms with E-state index in [1.165, 1.54) is 44.9 Å². The van der Waals surface area contributed by atoms with Gasteiger partial charge in [-0.1, -0.05) is 58.1 Å². The van der Waals surface area contributed by atoms with E-state index >= 15 is 0 Å². The maximum atomic E-state index is 11.3. The lowest BCUT2D eigenvalue weighted by molar-refractivity contribution is -0.144. The average Bonchev–Trinajstić information content (AvgIpc) is 2.42. The van der Waals surface area contributed by atoms with E-state index in [0.717, 1.165) is 12.8 Å². The summed E-state index contributed by atoms with van der Waals surface area (Å²) in [4.78, 5) is 11.3. The number of hydrogen-bond donors (Lipinski definition) is 0. The van der Waals surface area contributed by atoms with Crippen LogP contribution in [0.5, 0.6) is 0 Å². The van der Waals surface area contributed by atoms with Gasteiger partial charge in [-0.05, 0) is 38.5 Å². The van der Waals surface area contributed by atoms with Crippen LogP contribution < -0.4 is 0 Å². The fourth-order valence-electron chi connectivity index (χ4n) is 1.93. The van der Waals surface area contributed by atoms with Gasteiger partial charge in [0.2, 0.25) is 0 Å². The summed E-state index contributed by atoms with van der Waals surface area (Å²) in [5.41, 5.74) is 0. The number of carbonyl (C=O) groups is 1. The van der Waals surface area contributed by atoms with Crippen molar-refractivity contribution in [3.05, 3.63) is 19.1 Å². The first-order valence-corrected chi connectivity index (χ1v) is 8.30. The summed E-state index contributed by atoms with van der Waals surface area (Å²) in [6, 6.07) is 0. The minimum atomic E-state index is -0.0700. The molecule has 0 aromatic rings. The molecule has 0 amide bonds. The molecular formula is C18H33O2. The van der Waals surface area contributed by atoms with Gasteiger partial charge in [0.1, 0.15) is 0 Å². The van der Waals surface area contributed by atoms with Crippen LogP contribution in [0.3, 0.4) is 0 Å². The Hall–Kier alpha value is -0.790. The fourth-order valence-corrected chi connectivity index (χ4v) is 1.93. The lowest BCUT2D eigenvalue weighted by Crippen LogP contribution is -2.09. The van der Waals surface area contributed by atoms with Crippen LogP contribution in [0.25, 0.3) is 0 Å². The Morgan fingerprint density at radius 3 is 2.30 bits per heavy atom. The van der Waals surface area contributed by atoms with Crippen LogP contribution in [0.1, 0.15) is 78.1 Å². The average molecular weight is 281 g/mol. The summed E-state index contributed by atoms with van der Waals surface area (Å²) < 4.78 is 5.08. The van der Waals surface area contributed by atoms with Crippen LogP contribution in [0.2, 0.25) is 0 Å². The molecule has 2 nitrogen and oxygen atoms in total. The molecule has 0 aromatic heterocycles. The number of ether oxygens (including phenoxy) is 1. The second-order valence-corrected chi connectivity index (χ2v) is 5.71. The van der Waals surface area contributed by atoms with Crippen molar-refractivity contribution in [1.82, 2.24) is 0 Å². The van der Waals surface area contributed by atoms with Crippen LogP contribution in [0.15, 0.2) is 12.2 Å². The summed E-state index contributed by atoms with van der Waals surface area (Å²) >= 11 is 0. The van der Waals surface area contributed by atoms with Crippen molar-refractivity contribution >= 4 is 5.97 Å². The molecule has 1 radical (unpaired) electrons. The minimum Gasteiger partial charge on any atom is -0.465 e.